The summed E-state index contributed by atoms with van der Waals surface area (Å²) in [7, 11) is 0. The molecule has 1 fully saturated rings. The number of rotatable bonds is 9. The van der Waals surface area contributed by atoms with Crippen LogP contribution in [0.25, 0.3) is 5.69 Å². The van der Waals surface area contributed by atoms with E-state index in [2.05, 4.69) is 15.7 Å². The lowest BCUT2D eigenvalue weighted by molar-refractivity contribution is -0.141. The molecule has 0 radical (unpaired) electrons. The summed E-state index contributed by atoms with van der Waals surface area (Å²) < 4.78 is 55.6. The molecule has 0 saturated heterocycles. The molecule has 1 unspecified atom stereocenters. The number of amides is 1. The smallest absolute Gasteiger partial charge is 0.326 e. The zero-order valence-corrected chi connectivity index (χ0v) is 20.9. The highest BCUT2D eigenvalue weighted by Crippen LogP contribution is 2.32. The Morgan fingerprint density at radius 1 is 1.00 bits per heavy atom. The number of carbonyl (C=O) groups is 1. The van der Waals surface area contributed by atoms with Crippen LogP contribution in [-0.2, 0) is 12.7 Å². The molecule has 1 saturated carbocycles. The fourth-order valence-electron chi connectivity index (χ4n) is 4.41. The predicted octanol–water partition coefficient (Wildman–Crippen LogP) is 5.83. The molecule has 0 bridgehead atoms. The van der Waals surface area contributed by atoms with E-state index in [-0.39, 0.29) is 29.8 Å². The number of alkyl halides is 3. The number of carbonyl (C=O) groups excluding carboxylic acids is 1. The Morgan fingerprint density at radius 2 is 1.72 bits per heavy atom. The zero-order chi connectivity index (χ0) is 27.6. The van der Waals surface area contributed by atoms with Gasteiger partial charge < -0.3 is 16.4 Å². The maximum absolute atomic E-state index is 14.0. The van der Waals surface area contributed by atoms with Gasteiger partial charge in [0.25, 0.3) is 5.91 Å². The van der Waals surface area contributed by atoms with Crippen LogP contribution in [0.4, 0.5) is 23.2 Å². The monoisotopic (exact) mass is 537 g/mol. The van der Waals surface area contributed by atoms with Crippen molar-refractivity contribution < 1.29 is 22.4 Å². The molecule has 1 atom stereocenters. The summed E-state index contributed by atoms with van der Waals surface area (Å²) in [6.07, 6.45) is -2.46. The van der Waals surface area contributed by atoms with Crippen molar-refractivity contribution in [1.29, 1.82) is 0 Å². The third-order valence-electron chi connectivity index (χ3n) is 6.59. The van der Waals surface area contributed by atoms with E-state index in [0.29, 0.717) is 17.2 Å². The first-order valence-corrected chi connectivity index (χ1v) is 12.6. The largest absolute Gasteiger partial charge is 0.435 e. The van der Waals surface area contributed by atoms with E-state index in [9.17, 15) is 22.4 Å². The van der Waals surface area contributed by atoms with Crippen molar-refractivity contribution in [2.45, 2.75) is 31.6 Å². The molecule has 1 aliphatic carbocycles. The van der Waals surface area contributed by atoms with Crippen LogP contribution in [0.15, 0.2) is 78.9 Å². The zero-order valence-electron chi connectivity index (χ0n) is 20.9. The highest BCUT2D eigenvalue weighted by molar-refractivity contribution is 6.03. The molecule has 202 valence electrons. The summed E-state index contributed by atoms with van der Waals surface area (Å²) in [5.74, 6) is -0.547. The van der Waals surface area contributed by atoms with Crippen molar-refractivity contribution in [2.75, 3.05) is 11.9 Å². The van der Waals surface area contributed by atoms with E-state index >= 15 is 0 Å². The van der Waals surface area contributed by atoms with Gasteiger partial charge in [0.1, 0.15) is 11.5 Å². The van der Waals surface area contributed by atoms with Gasteiger partial charge in [0.15, 0.2) is 5.69 Å². The number of anilines is 1. The average molecular weight is 538 g/mol. The van der Waals surface area contributed by atoms with Gasteiger partial charge in [-0.3, -0.25) is 4.79 Å². The van der Waals surface area contributed by atoms with Gasteiger partial charge in [-0.2, -0.15) is 18.3 Å². The number of nitrogens with two attached hydrogens (primary N) is 1. The van der Waals surface area contributed by atoms with E-state index < -0.39 is 17.8 Å². The van der Waals surface area contributed by atoms with Crippen molar-refractivity contribution >= 4 is 11.6 Å². The van der Waals surface area contributed by atoms with Crippen molar-refractivity contribution in [2.24, 2.45) is 11.7 Å². The topological polar surface area (TPSA) is 85.0 Å². The minimum Gasteiger partial charge on any atom is -0.326 e. The molecular weight excluding hydrogens is 510 g/mol. The number of nitrogens with one attached hydrogen (secondary N) is 2. The number of aromatic nitrogens is 2. The second kappa shape index (κ2) is 11.0. The number of nitrogens with zero attached hydrogens (tertiary/aromatic N) is 2. The Labute approximate surface area is 222 Å². The highest BCUT2D eigenvalue weighted by atomic mass is 19.4. The number of hydrogen-bond donors (Lipinski definition) is 3. The fraction of sp³-hybridized carbons (Fsp3) is 0.241. The van der Waals surface area contributed by atoms with Gasteiger partial charge in [0, 0.05) is 18.3 Å². The summed E-state index contributed by atoms with van der Waals surface area (Å²) in [5, 5.41) is 9.86. The van der Waals surface area contributed by atoms with E-state index in [1.54, 1.807) is 48.5 Å². The van der Waals surface area contributed by atoms with Gasteiger partial charge in [0.05, 0.1) is 11.7 Å². The van der Waals surface area contributed by atoms with E-state index in [4.69, 9.17) is 5.73 Å². The standard InChI is InChI=1S/C29H27F4N5O/c30-22-7-2-5-20(13-22)27(35-17-18-10-11-18)21-6-3-8-23(14-21)36-28(39)25-15-26(29(31,32)33)37-38(25)24-9-1-4-19(12-24)16-34/h1-9,12-15,18,27,35H,10-11,16-17,34H2,(H,36,39). The van der Waals surface area contributed by atoms with Crippen molar-refractivity contribution in [3.8, 4) is 5.69 Å². The van der Waals surface area contributed by atoms with Crippen LogP contribution in [0, 0.1) is 11.7 Å². The van der Waals surface area contributed by atoms with E-state index in [1.807, 2.05) is 12.1 Å². The van der Waals surface area contributed by atoms with Gasteiger partial charge in [-0.05, 0) is 78.4 Å². The second-order valence-electron chi connectivity index (χ2n) is 9.62. The van der Waals surface area contributed by atoms with Crippen LogP contribution in [0.1, 0.15) is 51.8 Å². The SMILES string of the molecule is NCc1cccc(-n2nc(C(F)(F)F)cc2C(=O)Nc2cccc(C(NCC3CC3)c3cccc(F)c3)c2)c1. The van der Waals surface area contributed by atoms with Crippen molar-refractivity contribution in [3.05, 3.63) is 113 Å². The minimum atomic E-state index is -4.74. The van der Waals surface area contributed by atoms with Crippen LogP contribution < -0.4 is 16.4 Å². The van der Waals surface area contributed by atoms with Gasteiger partial charge in [-0.1, -0.05) is 36.4 Å². The molecule has 3 aromatic carbocycles. The summed E-state index contributed by atoms with van der Waals surface area (Å²) in [6, 6.07) is 20.2. The normalized spacial score (nSPS) is 14.3. The molecule has 1 amide bonds. The lowest BCUT2D eigenvalue weighted by Gasteiger charge is -2.21. The van der Waals surface area contributed by atoms with Gasteiger partial charge >= 0.3 is 6.18 Å². The van der Waals surface area contributed by atoms with Gasteiger partial charge in [-0.25, -0.2) is 9.07 Å². The first kappa shape index (κ1) is 26.6. The summed E-state index contributed by atoms with van der Waals surface area (Å²) in [5.41, 5.74) is 7.06. The summed E-state index contributed by atoms with van der Waals surface area (Å²) >= 11 is 0. The summed E-state index contributed by atoms with van der Waals surface area (Å²) in [6.45, 7) is 0.940. The Hall–Kier alpha value is -4.02. The van der Waals surface area contributed by atoms with Crippen LogP contribution in [-0.4, -0.2) is 22.2 Å². The second-order valence-corrected chi connectivity index (χ2v) is 9.62. The number of halogens is 4. The molecule has 1 aliphatic rings. The molecule has 4 aromatic rings. The highest BCUT2D eigenvalue weighted by Gasteiger charge is 2.36. The maximum Gasteiger partial charge on any atom is 0.435 e. The minimum absolute atomic E-state index is 0.177. The molecule has 4 N–H and O–H groups in total. The van der Waals surface area contributed by atoms with E-state index in [0.717, 1.165) is 41.3 Å². The lowest BCUT2D eigenvalue weighted by Crippen LogP contribution is -2.25. The quantitative estimate of drug-likeness (QED) is 0.235. The molecule has 0 spiro atoms. The predicted molar refractivity (Wildman–Crippen MR) is 140 cm³/mol. The van der Waals surface area contributed by atoms with Crippen LogP contribution >= 0.6 is 0 Å². The third kappa shape index (κ3) is 6.35. The van der Waals surface area contributed by atoms with Gasteiger partial charge in [0.2, 0.25) is 0 Å². The molecule has 6 nitrogen and oxygen atoms in total. The Balaban J connectivity index is 1.45. The van der Waals surface area contributed by atoms with Crippen molar-refractivity contribution in [3.63, 3.8) is 0 Å². The molecular formula is C29H27F4N5O. The average Bonchev–Trinajstić information content (AvgIpc) is 3.62. The third-order valence-corrected chi connectivity index (χ3v) is 6.59. The first-order valence-electron chi connectivity index (χ1n) is 12.6. The summed E-state index contributed by atoms with van der Waals surface area (Å²) in [4.78, 5) is 13.3. The fourth-order valence-corrected chi connectivity index (χ4v) is 4.41. The van der Waals surface area contributed by atoms with Crippen molar-refractivity contribution in [1.82, 2.24) is 15.1 Å². The van der Waals surface area contributed by atoms with E-state index in [1.165, 1.54) is 12.1 Å². The number of benzene rings is 3. The molecule has 10 heteroatoms. The van der Waals surface area contributed by atoms with Crippen LogP contribution in [0.3, 0.4) is 0 Å². The van der Waals surface area contributed by atoms with Gasteiger partial charge in [-0.15, -0.1) is 0 Å². The Kier molecular flexibility index (Phi) is 7.49. The Bertz CT molecular complexity index is 1480. The molecule has 1 aromatic heterocycles. The van der Waals surface area contributed by atoms with Crippen LogP contribution in [0.2, 0.25) is 0 Å². The van der Waals surface area contributed by atoms with Crippen LogP contribution in [0.5, 0.6) is 0 Å². The lowest BCUT2D eigenvalue weighted by atomic mass is 9.97. The molecule has 0 aliphatic heterocycles. The number of hydrogen-bond acceptors (Lipinski definition) is 4. The first-order chi connectivity index (χ1) is 18.7. The Morgan fingerprint density at radius 3 is 2.41 bits per heavy atom. The molecule has 39 heavy (non-hydrogen) atoms. The molecule has 1 heterocycles. The molecule has 5 rings (SSSR count). The maximum atomic E-state index is 14.0.